The third kappa shape index (κ3) is 5.74. The number of carbonyl (C=O) groups excluding carboxylic acids is 2. The summed E-state index contributed by atoms with van der Waals surface area (Å²) < 4.78 is 27.6. The van der Waals surface area contributed by atoms with Crippen LogP contribution in [0.3, 0.4) is 0 Å². The second-order valence-electron chi connectivity index (χ2n) is 9.74. The second kappa shape index (κ2) is 10.9. The Balaban J connectivity index is 1.89. The van der Waals surface area contributed by atoms with Gasteiger partial charge in [-0.3, -0.25) is 14.5 Å². The minimum atomic E-state index is -1.27. The van der Waals surface area contributed by atoms with Gasteiger partial charge in [-0.1, -0.05) is 29.5 Å². The smallest absolute Gasteiger partial charge is 0.249 e. The standard InChI is InChI=1S/C28H30FN5O4/c1-28(2,3)30-27(36)26(18-14-19(37-4)16-20(15-18)38-5)34(23-12-8-6-10-21(23)29)25(35)17-33-24-13-9-7-11-22(24)31-32-33/h6-16,26H,17H2,1-5H3,(H,30,36)/t26-/m1/s1. The van der Waals surface area contributed by atoms with Crippen molar-refractivity contribution in [1.29, 1.82) is 0 Å². The van der Waals surface area contributed by atoms with Crippen LogP contribution in [0.2, 0.25) is 0 Å². The molecule has 0 unspecified atom stereocenters. The summed E-state index contributed by atoms with van der Waals surface area (Å²) in [6, 6.07) is 16.7. The van der Waals surface area contributed by atoms with Gasteiger partial charge in [0.15, 0.2) is 0 Å². The average Bonchev–Trinajstić information content (AvgIpc) is 3.28. The first-order chi connectivity index (χ1) is 18.1. The molecule has 0 aliphatic rings. The Morgan fingerprint density at radius 1 is 1.00 bits per heavy atom. The minimum Gasteiger partial charge on any atom is -0.497 e. The van der Waals surface area contributed by atoms with E-state index in [9.17, 15) is 9.59 Å². The summed E-state index contributed by atoms with van der Waals surface area (Å²) in [5.41, 5.74) is 0.927. The number of fused-ring (bicyclic) bond motifs is 1. The quantitative estimate of drug-likeness (QED) is 0.373. The zero-order valence-electron chi connectivity index (χ0n) is 21.9. The van der Waals surface area contributed by atoms with E-state index in [1.54, 1.807) is 36.4 Å². The molecule has 9 nitrogen and oxygen atoms in total. The highest BCUT2D eigenvalue weighted by Crippen LogP contribution is 2.35. The van der Waals surface area contributed by atoms with Crippen molar-refractivity contribution in [2.24, 2.45) is 0 Å². The van der Waals surface area contributed by atoms with Crippen LogP contribution >= 0.6 is 0 Å². The Morgan fingerprint density at radius 3 is 2.26 bits per heavy atom. The minimum absolute atomic E-state index is 0.0576. The number of ether oxygens (including phenoxy) is 2. The highest BCUT2D eigenvalue weighted by molar-refractivity contribution is 6.02. The summed E-state index contributed by atoms with van der Waals surface area (Å²) in [6.45, 7) is 5.19. The van der Waals surface area contributed by atoms with Crippen LogP contribution in [0.5, 0.6) is 11.5 Å². The lowest BCUT2D eigenvalue weighted by Gasteiger charge is -2.34. The molecule has 0 saturated heterocycles. The fraction of sp³-hybridized carbons (Fsp3) is 0.286. The lowest BCUT2D eigenvalue weighted by Crippen LogP contribution is -2.50. The second-order valence-corrected chi connectivity index (χ2v) is 9.74. The molecule has 4 aromatic rings. The van der Waals surface area contributed by atoms with Gasteiger partial charge in [-0.25, -0.2) is 9.07 Å². The third-order valence-corrected chi connectivity index (χ3v) is 5.78. The summed E-state index contributed by atoms with van der Waals surface area (Å²) >= 11 is 0. The number of para-hydroxylation sites is 2. The summed E-state index contributed by atoms with van der Waals surface area (Å²) in [5.74, 6) is -0.908. The topological polar surface area (TPSA) is 98.6 Å². The molecule has 1 heterocycles. The number of rotatable bonds is 8. The van der Waals surface area contributed by atoms with Crippen LogP contribution in [0.4, 0.5) is 10.1 Å². The van der Waals surface area contributed by atoms with E-state index >= 15 is 4.39 Å². The third-order valence-electron chi connectivity index (χ3n) is 5.78. The van der Waals surface area contributed by atoms with Crippen LogP contribution in [0.25, 0.3) is 11.0 Å². The summed E-state index contributed by atoms with van der Waals surface area (Å²) in [4.78, 5) is 29.0. The molecule has 0 aliphatic carbocycles. The van der Waals surface area contributed by atoms with Crippen LogP contribution in [-0.2, 0) is 16.1 Å². The van der Waals surface area contributed by atoms with Crippen molar-refractivity contribution in [2.45, 2.75) is 38.9 Å². The van der Waals surface area contributed by atoms with Gasteiger partial charge < -0.3 is 14.8 Å². The first kappa shape index (κ1) is 26.6. The Bertz CT molecular complexity index is 1440. The molecule has 0 fully saturated rings. The van der Waals surface area contributed by atoms with Crippen molar-refractivity contribution >= 4 is 28.5 Å². The fourth-order valence-corrected chi connectivity index (χ4v) is 4.15. The number of hydrogen-bond donors (Lipinski definition) is 1. The molecule has 0 bridgehead atoms. The number of carbonyl (C=O) groups is 2. The Labute approximate surface area is 220 Å². The molecule has 0 aliphatic heterocycles. The first-order valence-corrected chi connectivity index (χ1v) is 12.0. The fourth-order valence-electron chi connectivity index (χ4n) is 4.15. The number of anilines is 1. The van der Waals surface area contributed by atoms with Gasteiger partial charge >= 0.3 is 0 Å². The van der Waals surface area contributed by atoms with Crippen molar-refractivity contribution in [3.8, 4) is 11.5 Å². The zero-order valence-corrected chi connectivity index (χ0v) is 21.9. The molecular formula is C28H30FN5O4. The van der Waals surface area contributed by atoms with Crippen molar-refractivity contribution in [2.75, 3.05) is 19.1 Å². The van der Waals surface area contributed by atoms with Gasteiger partial charge in [0.25, 0.3) is 0 Å². The molecule has 2 amide bonds. The molecule has 198 valence electrons. The predicted molar refractivity (Wildman–Crippen MR) is 142 cm³/mol. The van der Waals surface area contributed by atoms with E-state index < -0.39 is 29.2 Å². The molecule has 1 atom stereocenters. The van der Waals surface area contributed by atoms with E-state index in [-0.39, 0.29) is 12.2 Å². The van der Waals surface area contributed by atoms with Crippen molar-refractivity contribution in [3.63, 3.8) is 0 Å². The number of nitrogens with zero attached hydrogens (tertiary/aromatic N) is 4. The van der Waals surface area contributed by atoms with E-state index in [4.69, 9.17) is 9.47 Å². The van der Waals surface area contributed by atoms with E-state index in [2.05, 4.69) is 15.6 Å². The monoisotopic (exact) mass is 519 g/mol. The molecule has 38 heavy (non-hydrogen) atoms. The maximum absolute atomic E-state index is 15.3. The molecule has 10 heteroatoms. The number of nitrogens with one attached hydrogen (secondary N) is 1. The summed E-state index contributed by atoms with van der Waals surface area (Å²) in [7, 11) is 2.97. The molecular weight excluding hydrogens is 489 g/mol. The number of halogens is 1. The molecule has 0 saturated carbocycles. The largest absolute Gasteiger partial charge is 0.497 e. The number of hydrogen-bond acceptors (Lipinski definition) is 6. The Morgan fingerprint density at radius 2 is 1.63 bits per heavy atom. The van der Waals surface area contributed by atoms with Crippen molar-refractivity contribution in [1.82, 2.24) is 20.3 Å². The van der Waals surface area contributed by atoms with E-state index in [0.717, 1.165) is 4.90 Å². The molecule has 4 rings (SSSR count). The number of benzene rings is 3. The maximum Gasteiger partial charge on any atom is 0.249 e. The normalized spacial score (nSPS) is 12.2. The SMILES string of the molecule is COc1cc(OC)cc([C@H](C(=O)NC(C)(C)C)N(C(=O)Cn2nnc3ccccc32)c2ccccc2F)c1. The van der Waals surface area contributed by atoms with Crippen LogP contribution in [0, 0.1) is 5.82 Å². The lowest BCUT2D eigenvalue weighted by atomic mass is 10.00. The van der Waals surface area contributed by atoms with Crippen LogP contribution in [0.15, 0.2) is 66.7 Å². The maximum atomic E-state index is 15.3. The van der Waals surface area contributed by atoms with Gasteiger partial charge in [-0.05, 0) is 62.7 Å². The van der Waals surface area contributed by atoms with Crippen molar-refractivity contribution < 1.29 is 23.5 Å². The number of methoxy groups -OCH3 is 2. The first-order valence-electron chi connectivity index (χ1n) is 12.0. The zero-order chi connectivity index (χ0) is 27.4. The van der Waals surface area contributed by atoms with E-state index in [1.165, 1.54) is 37.1 Å². The van der Waals surface area contributed by atoms with Gasteiger partial charge in [-0.2, -0.15) is 0 Å². The summed E-state index contributed by atoms with van der Waals surface area (Å²) in [6.07, 6.45) is 0. The van der Waals surface area contributed by atoms with Gasteiger partial charge in [0.2, 0.25) is 11.8 Å². The van der Waals surface area contributed by atoms with Crippen LogP contribution < -0.4 is 19.7 Å². The highest BCUT2D eigenvalue weighted by atomic mass is 19.1. The van der Waals surface area contributed by atoms with Crippen LogP contribution in [-0.4, -0.2) is 46.6 Å². The van der Waals surface area contributed by atoms with Gasteiger partial charge in [-0.15, -0.1) is 5.10 Å². The Hall–Kier alpha value is -4.47. The van der Waals surface area contributed by atoms with Gasteiger partial charge in [0.1, 0.15) is 35.4 Å². The lowest BCUT2D eigenvalue weighted by molar-refractivity contribution is -0.128. The van der Waals surface area contributed by atoms with E-state index in [1.807, 2.05) is 32.9 Å². The van der Waals surface area contributed by atoms with Gasteiger partial charge in [0.05, 0.1) is 25.4 Å². The average molecular weight is 520 g/mol. The molecule has 3 aromatic carbocycles. The Kier molecular flexibility index (Phi) is 7.61. The van der Waals surface area contributed by atoms with Gasteiger partial charge in [0, 0.05) is 11.6 Å². The molecule has 0 radical (unpaired) electrons. The summed E-state index contributed by atoms with van der Waals surface area (Å²) in [5, 5.41) is 11.2. The molecule has 0 spiro atoms. The molecule has 1 N–H and O–H groups in total. The van der Waals surface area contributed by atoms with Crippen LogP contribution in [0.1, 0.15) is 32.4 Å². The van der Waals surface area contributed by atoms with E-state index in [0.29, 0.717) is 28.1 Å². The molecule has 1 aromatic heterocycles. The van der Waals surface area contributed by atoms with Crippen molar-refractivity contribution in [3.05, 3.63) is 78.1 Å². The number of aromatic nitrogens is 3. The number of amides is 2. The highest BCUT2D eigenvalue weighted by Gasteiger charge is 2.36. The predicted octanol–water partition coefficient (Wildman–Crippen LogP) is 4.28.